The highest BCUT2D eigenvalue weighted by molar-refractivity contribution is 6.31. The maximum absolute atomic E-state index is 10.8. The van der Waals surface area contributed by atoms with E-state index in [4.69, 9.17) is 17.3 Å². The van der Waals surface area contributed by atoms with Crippen molar-refractivity contribution >= 4 is 17.5 Å². The molecular weight excluding hydrogens is 186 g/mol. The van der Waals surface area contributed by atoms with Gasteiger partial charge in [0.2, 0.25) is 5.91 Å². The lowest BCUT2D eigenvalue weighted by Gasteiger charge is -2.07. The van der Waals surface area contributed by atoms with Gasteiger partial charge in [-0.05, 0) is 18.1 Å². The minimum atomic E-state index is -0.292. The van der Waals surface area contributed by atoms with Crippen molar-refractivity contribution in [3.8, 4) is 0 Å². The third-order valence-corrected chi connectivity index (χ3v) is 2.34. The molecule has 0 bridgehead atoms. The third kappa shape index (κ3) is 2.74. The fraction of sp³-hybridized carbons (Fsp3) is 0.300. The number of hydrogen-bond donors (Lipinski definition) is 1. The van der Waals surface area contributed by atoms with Crippen LogP contribution in [0.2, 0.25) is 5.02 Å². The Morgan fingerprint density at radius 2 is 2.15 bits per heavy atom. The monoisotopic (exact) mass is 197 g/mol. The highest BCUT2D eigenvalue weighted by atomic mass is 35.5. The molecule has 0 radical (unpaired) electrons. The summed E-state index contributed by atoms with van der Waals surface area (Å²) in [5.41, 5.74) is 6.12. The predicted octanol–water partition coefficient (Wildman–Crippen LogP) is 2.00. The number of hydrogen-bond acceptors (Lipinski definition) is 1. The second-order valence-corrected chi connectivity index (χ2v) is 3.51. The van der Waals surface area contributed by atoms with Gasteiger partial charge in [-0.25, -0.2) is 0 Å². The summed E-state index contributed by atoms with van der Waals surface area (Å²) in [5.74, 6) is -0.459. The van der Waals surface area contributed by atoms with E-state index < -0.39 is 0 Å². The fourth-order valence-corrected chi connectivity index (χ4v) is 1.31. The summed E-state index contributed by atoms with van der Waals surface area (Å²) in [6, 6.07) is 7.47. The van der Waals surface area contributed by atoms with E-state index in [1.54, 1.807) is 6.92 Å². The van der Waals surface area contributed by atoms with Crippen molar-refractivity contribution < 1.29 is 4.79 Å². The van der Waals surface area contributed by atoms with E-state index in [1.807, 2.05) is 24.3 Å². The lowest BCUT2D eigenvalue weighted by Crippen LogP contribution is -2.22. The quantitative estimate of drug-likeness (QED) is 0.792. The molecule has 0 aliphatic carbocycles. The van der Waals surface area contributed by atoms with Gasteiger partial charge in [0.05, 0.1) is 0 Å². The van der Waals surface area contributed by atoms with E-state index in [-0.39, 0.29) is 11.8 Å². The minimum absolute atomic E-state index is 0.167. The molecule has 70 valence electrons. The summed E-state index contributed by atoms with van der Waals surface area (Å²) < 4.78 is 0. The minimum Gasteiger partial charge on any atom is -0.369 e. The van der Waals surface area contributed by atoms with Gasteiger partial charge in [-0.3, -0.25) is 4.79 Å². The molecule has 0 unspecified atom stereocenters. The summed E-state index contributed by atoms with van der Waals surface area (Å²) >= 11 is 5.92. The molecule has 2 nitrogen and oxygen atoms in total. The molecule has 0 fully saturated rings. The van der Waals surface area contributed by atoms with E-state index >= 15 is 0 Å². The van der Waals surface area contributed by atoms with E-state index in [2.05, 4.69) is 0 Å². The first kappa shape index (κ1) is 10.1. The SMILES string of the molecule is C[C@H](Cc1ccccc1Cl)C(N)=O. The van der Waals surface area contributed by atoms with Crippen LogP contribution in [0.15, 0.2) is 24.3 Å². The molecule has 1 aromatic rings. The first-order chi connectivity index (χ1) is 6.11. The Balaban J connectivity index is 2.74. The molecule has 2 N–H and O–H groups in total. The van der Waals surface area contributed by atoms with Crippen LogP contribution in [0.4, 0.5) is 0 Å². The molecule has 0 aromatic heterocycles. The van der Waals surface area contributed by atoms with Gasteiger partial charge in [-0.1, -0.05) is 36.7 Å². The summed E-state index contributed by atoms with van der Waals surface area (Å²) in [5, 5.41) is 0.690. The molecule has 0 spiro atoms. The average Bonchev–Trinajstić information content (AvgIpc) is 2.08. The van der Waals surface area contributed by atoms with Crippen LogP contribution in [0.25, 0.3) is 0 Å². The van der Waals surface area contributed by atoms with Gasteiger partial charge in [0, 0.05) is 10.9 Å². The Hall–Kier alpha value is -1.02. The van der Waals surface area contributed by atoms with Crippen molar-refractivity contribution in [1.82, 2.24) is 0 Å². The summed E-state index contributed by atoms with van der Waals surface area (Å²) in [4.78, 5) is 10.8. The molecule has 0 aliphatic heterocycles. The van der Waals surface area contributed by atoms with Crippen molar-refractivity contribution in [2.24, 2.45) is 11.7 Å². The van der Waals surface area contributed by atoms with Crippen LogP contribution in [0.5, 0.6) is 0 Å². The third-order valence-electron chi connectivity index (χ3n) is 1.97. The highest BCUT2D eigenvalue weighted by Gasteiger charge is 2.10. The molecule has 1 amide bonds. The van der Waals surface area contributed by atoms with E-state index in [1.165, 1.54) is 0 Å². The summed E-state index contributed by atoms with van der Waals surface area (Å²) in [7, 11) is 0. The number of carbonyl (C=O) groups is 1. The van der Waals surface area contributed by atoms with Crippen LogP contribution in [0, 0.1) is 5.92 Å². The Morgan fingerprint density at radius 3 is 2.69 bits per heavy atom. The first-order valence-electron chi connectivity index (χ1n) is 4.14. The van der Waals surface area contributed by atoms with Gasteiger partial charge in [0.15, 0.2) is 0 Å². The van der Waals surface area contributed by atoms with Gasteiger partial charge in [-0.15, -0.1) is 0 Å². The summed E-state index contributed by atoms with van der Waals surface area (Å²) in [6.07, 6.45) is 0.606. The van der Waals surface area contributed by atoms with E-state index in [0.717, 1.165) is 5.56 Å². The molecule has 0 saturated carbocycles. The normalized spacial score (nSPS) is 12.5. The lowest BCUT2D eigenvalue weighted by molar-refractivity contribution is -0.121. The molecule has 1 atom stereocenters. The second-order valence-electron chi connectivity index (χ2n) is 3.10. The van der Waals surface area contributed by atoms with Crippen molar-refractivity contribution in [1.29, 1.82) is 0 Å². The number of primary amides is 1. The van der Waals surface area contributed by atoms with Crippen LogP contribution >= 0.6 is 11.6 Å². The molecule has 0 aliphatic rings. The number of nitrogens with two attached hydrogens (primary N) is 1. The Labute approximate surface area is 82.7 Å². The van der Waals surface area contributed by atoms with Crippen LogP contribution in [-0.2, 0) is 11.2 Å². The molecule has 1 rings (SSSR count). The van der Waals surface area contributed by atoms with E-state index in [9.17, 15) is 4.79 Å². The second kappa shape index (κ2) is 4.28. The Kier molecular flexibility index (Phi) is 3.32. The van der Waals surface area contributed by atoms with Crippen LogP contribution in [-0.4, -0.2) is 5.91 Å². The molecule has 3 heteroatoms. The number of carbonyl (C=O) groups excluding carboxylic acids is 1. The van der Waals surface area contributed by atoms with Crippen LogP contribution < -0.4 is 5.73 Å². The van der Waals surface area contributed by atoms with Crippen molar-refractivity contribution in [2.75, 3.05) is 0 Å². The topological polar surface area (TPSA) is 43.1 Å². The van der Waals surface area contributed by atoms with Crippen molar-refractivity contribution in [3.05, 3.63) is 34.9 Å². The zero-order chi connectivity index (χ0) is 9.84. The molecule has 1 aromatic carbocycles. The molecule has 13 heavy (non-hydrogen) atoms. The zero-order valence-electron chi connectivity index (χ0n) is 7.46. The smallest absolute Gasteiger partial charge is 0.220 e. The first-order valence-corrected chi connectivity index (χ1v) is 4.51. The van der Waals surface area contributed by atoms with E-state index in [0.29, 0.717) is 11.4 Å². The molecule has 0 heterocycles. The predicted molar refractivity (Wildman–Crippen MR) is 53.5 cm³/mol. The lowest BCUT2D eigenvalue weighted by atomic mass is 10.0. The largest absolute Gasteiger partial charge is 0.369 e. The van der Waals surface area contributed by atoms with Crippen LogP contribution in [0.1, 0.15) is 12.5 Å². The molecule has 0 saturated heterocycles. The Morgan fingerprint density at radius 1 is 1.54 bits per heavy atom. The van der Waals surface area contributed by atoms with Gasteiger partial charge >= 0.3 is 0 Å². The molecular formula is C10H12ClNO. The van der Waals surface area contributed by atoms with Gasteiger partial charge < -0.3 is 5.73 Å². The van der Waals surface area contributed by atoms with Gasteiger partial charge in [0.25, 0.3) is 0 Å². The number of amides is 1. The average molecular weight is 198 g/mol. The number of halogens is 1. The highest BCUT2D eigenvalue weighted by Crippen LogP contribution is 2.18. The van der Waals surface area contributed by atoms with Crippen molar-refractivity contribution in [3.63, 3.8) is 0 Å². The van der Waals surface area contributed by atoms with Crippen molar-refractivity contribution in [2.45, 2.75) is 13.3 Å². The van der Waals surface area contributed by atoms with Gasteiger partial charge in [0.1, 0.15) is 0 Å². The maximum Gasteiger partial charge on any atom is 0.220 e. The van der Waals surface area contributed by atoms with Gasteiger partial charge in [-0.2, -0.15) is 0 Å². The number of benzene rings is 1. The van der Waals surface area contributed by atoms with Crippen LogP contribution in [0.3, 0.4) is 0 Å². The Bertz CT molecular complexity index is 312. The summed E-state index contributed by atoms with van der Waals surface area (Å²) in [6.45, 7) is 1.80. The fourth-order valence-electron chi connectivity index (χ4n) is 1.09. The zero-order valence-corrected chi connectivity index (χ0v) is 8.21. The number of rotatable bonds is 3. The maximum atomic E-state index is 10.8. The standard InChI is InChI=1S/C10H12ClNO/c1-7(10(12)13)6-8-4-2-3-5-9(8)11/h2-5,7H,6H2,1H3,(H2,12,13)/t7-/m1/s1.